The molecular formula is C9H9BrN2O4. The highest BCUT2D eigenvalue weighted by molar-refractivity contribution is 9.10. The maximum Gasteiger partial charge on any atom is 0.284 e. The predicted molar refractivity (Wildman–Crippen MR) is 60.2 cm³/mol. The molecule has 0 atom stereocenters. The van der Waals surface area contributed by atoms with Gasteiger partial charge in [-0.15, -0.1) is 0 Å². The molecule has 6 nitrogen and oxygen atoms in total. The van der Waals surface area contributed by atoms with Gasteiger partial charge in [0.1, 0.15) is 0 Å². The summed E-state index contributed by atoms with van der Waals surface area (Å²) in [6.07, 6.45) is 0. The SMILES string of the molecule is O=C(NCCO)c1ccc(Br)c([N+](=O)[O-])c1. The first-order valence-corrected chi connectivity index (χ1v) is 5.18. The lowest BCUT2D eigenvalue weighted by Crippen LogP contribution is -2.26. The molecule has 1 amide bonds. The number of hydrogen-bond donors (Lipinski definition) is 2. The summed E-state index contributed by atoms with van der Waals surface area (Å²) in [6.45, 7) is -0.0624. The van der Waals surface area contributed by atoms with E-state index in [1.807, 2.05) is 0 Å². The molecule has 0 heterocycles. The van der Waals surface area contributed by atoms with Crippen LogP contribution in [0.15, 0.2) is 22.7 Å². The van der Waals surface area contributed by atoms with Gasteiger partial charge in [0.15, 0.2) is 0 Å². The van der Waals surface area contributed by atoms with Crippen molar-refractivity contribution in [3.63, 3.8) is 0 Å². The summed E-state index contributed by atoms with van der Waals surface area (Å²) in [5.74, 6) is -0.454. The van der Waals surface area contributed by atoms with Gasteiger partial charge in [-0.25, -0.2) is 0 Å². The van der Waals surface area contributed by atoms with E-state index in [1.54, 1.807) is 0 Å². The van der Waals surface area contributed by atoms with Crippen LogP contribution in [0.5, 0.6) is 0 Å². The summed E-state index contributed by atoms with van der Waals surface area (Å²) in [6, 6.07) is 4.08. The third-order valence-electron chi connectivity index (χ3n) is 1.80. The molecule has 0 aliphatic rings. The molecule has 86 valence electrons. The fourth-order valence-corrected chi connectivity index (χ4v) is 1.46. The fourth-order valence-electron chi connectivity index (χ4n) is 1.07. The van der Waals surface area contributed by atoms with Gasteiger partial charge in [0, 0.05) is 18.2 Å². The van der Waals surface area contributed by atoms with Crippen molar-refractivity contribution in [3.8, 4) is 0 Å². The molecule has 7 heteroatoms. The van der Waals surface area contributed by atoms with Crippen molar-refractivity contribution in [1.29, 1.82) is 0 Å². The van der Waals surface area contributed by atoms with E-state index in [0.29, 0.717) is 4.47 Å². The summed E-state index contributed by atoms with van der Waals surface area (Å²) in [7, 11) is 0. The number of nitrogens with zero attached hydrogens (tertiary/aromatic N) is 1. The largest absolute Gasteiger partial charge is 0.395 e. The van der Waals surface area contributed by atoms with Crippen LogP contribution in [0.4, 0.5) is 5.69 Å². The monoisotopic (exact) mass is 288 g/mol. The van der Waals surface area contributed by atoms with Gasteiger partial charge in [0.05, 0.1) is 16.0 Å². The summed E-state index contributed by atoms with van der Waals surface area (Å²) in [5.41, 5.74) is 0.0139. The van der Waals surface area contributed by atoms with Gasteiger partial charge >= 0.3 is 0 Å². The maximum atomic E-state index is 11.4. The number of nitrogens with one attached hydrogen (secondary N) is 1. The van der Waals surface area contributed by atoms with Crippen LogP contribution in [0.3, 0.4) is 0 Å². The second-order valence-corrected chi connectivity index (χ2v) is 3.76. The molecule has 1 aromatic rings. The van der Waals surface area contributed by atoms with Crippen molar-refractivity contribution in [1.82, 2.24) is 5.32 Å². The number of carbonyl (C=O) groups excluding carboxylic acids is 1. The van der Waals surface area contributed by atoms with Crippen LogP contribution in [0.2, 0.25) is 0 Å². The highest BCUT2D eigenvalue weighted by Crippen LogP contribution is 2.25. The molecule has 0 saturated heterocycles. The lowest BCUT2D eigenvalue weighted by molar-refractivity contribution is -0.385. The molecule has 0 unspecified atom stereocenters. The summed E-state index contributed by atoms with van der Waals surface area (Å²) in [4.78, 5) is 21.5. The van der Waals surface area contributed by atoms with E-state index < -0.39 is 10.8 Å². The van der Waals surface area contributed by atoms with Gasteiger partial charge in [-0.3, -0.25) is 14.9 Å². The van der Waals surface area contributed by atoms with Crippen LogP contribution in [-0.2, 0) is 0 Å². The molecule has 1 aromatic carbocycles. The highest BCUT2D eigenvalue weighted by atomic mass is 79.9. The Hall–Kier alpha value is -1.47. The maximum absolute atomic E-state index is 11.4. The Morgan fingerprint density at radius 3 is 2.81 bits per heavy atom. The third kappa shape index (κ3) is 3.01. The predicted octanol–water partition coefficient (Wildman–Crippen LogP) is 1.08. The molecule has 0 saturated carbocycles. The van der Waals surface area contributed by atoms with Crippen LogP contribution in [0.1, 0.15) is 10.4 Å². The second-order valence-electron chi connectivity index (χ2n) is 2.90. The van der Waals surface area contributed by atoms with E-state index in [1.165, 1.54) is 18.2 Å². The van der Waals surface area contributed by atoms with E-state index in [0.717, 1.165) is 0 Å². The minimum atomic E-state index is -0.576. The molecule has 0 radical (unpaired) electrons. The van der Waals surface area contributed by atoms with Gasteiger partial charge in [-0.05, 0) is 28.1 Å². The number of carbonyl (C=O) groups is 1. The normalized spacial score (nSPS) is 9.88. The lowest BCUT2D eigenvalue weighted by atomic mass is 10.2. The number of aliphatic hydroxyl groups excluding tert-OH is 1. The molecule has 0 spiro atoms. The van der Waals surface area contributed by atoms with E-state index in [2.05, 4.69) is 21.2 Å². The molecule has 0 bridgehead atoms. The molecule has 2 N–H and O–H groups in total. The molecule has 16 heavy (non-hydrogen) atoms. The van der Waals surface area contributed by atoms with E-state index in [9.17, 15) is 14.9 Å². The van der Waals surface area contributed by atoms with Gasteiger partial charge < -0.3 is 10.4 Å². The Labute approximate surface area is 99.6 Å². The van der Waals surface area contributed by atoms with Crippen LogP contribution in [0.25, 0.3) is 0 Å². The van der Waals surface area contributed by atoms with Crippen molar-refractivity contribution in [3.05, 3.63) is 38.3 Å². The van der Waals surface area contributed by atoms with Crippen molar-refractivity contribution in [2.24, 2.45) is 0 Å². The number of rotatable bonds is 4. The van der Waals surface area contributed by atoms with Gasteiger partial charge in [-0.1, -0.05) is 0 Å². The first kappa shape index (κ1) is 12.6. The fraction of sp³-hybridized carbons (Fsp3) is 0.222. The third-order valence-corrected chi connectivity index (χ3v) is 2.47. The second kappa shape index (κ2) is 5.57. The average Bonchev–Trinajstić information content (AvgIpc) is 2.26. The van der Waals surface area contributed by atoms with Crippen LogP contribution < -0.4 is 5.32 Å². The van der Waals surface area contributed by atoms with Gasteiger partial charge in [-0.2, -0.15) is 0 Å². The zero-order valence-electron chi connectivity index (χ0n) is 8.14. The van der Waals surface area contributed by atoms with E-state index in [-0.39, 0.29) is 24.4 Å². The molecule has 0 aromatic heterocycles. The number of amides is 1. The minimum absolute atomic E-state index is 0.114. The lowest BCUT2D eigenvalue weighted by Gasteiger charge is -2.03. The molecule has 1 rings (SSSR count). The van der Waals surface area contributed by atoms with Gasteiger partial charge in [0.2, 0.25) is 0 Å². The quantitative estimate of drug-likeness (QED) is 0.640. The van der Waals surface area contributed by atoms with Crippen LogP contribution in [-0.4, -0.2) is 29.1 Å². The van der Waals surface area contributed by atoms with E-state index >= 15 is 0 Å². The summed E-state index contributed by atoms with van der Waals surface area (Å²) < 4.78 is 0.316. The molecule has 0 fully saturated rings. The first-order valence-electron chi connectivity index (χ1n) is 4.39. The minimum Gasteiger partial charge on any atom is -0.395 e. The van der Waals surface area contributed by atoms with Crippen molar-refractivity contribution < 1.29 is 14.8 Å². The molecule has 0 aliphatic carbocycles. The molecule has 0 aliphatic heterocycles. The highest BCUT2D eigenvalue weighted by Gasteiger charge is 2.15. The Kier molecular flexibility index (Phi) is 4.39. The summed E-state index contributed by atoms with van der Waals surface area (Å²) >= 11 is 3.02. The Balaban J connectivity index is 2.94. The number of benzene rings is 1. The number of halogens is 1. The van der Waals surface area contributed by atoms with Crippen LogP contribution in [0, 0.1) is 10.1 Å². The van der Waals surface area contributed by atoms with E-state index in [4.69, 9.17) is 5.11 Å². The van der Waals surface area contributed by atoms with Crippen molar-refractivity contribution >= 4 is 27.5 Å². The topological polar surface area (TPSA) is 92.5 Å². The average molecular weight is 289 g/mol. The number of hydrogen-bond acceptors (Lipinski definition) is 4. The zero-order chi connectivity index (χ0) is 12.1. The summed E-state index contributed by atoms with van der Waals surface area (Å²) in [5, 5.41) is 21.5. The zero-order valence-corrected chi connectivity index (χ0v) is 9.73. The number of aliphatic hydroxyl groups is 1. The standard InChI is InChI=1S/C9H9BrN2O4/c10-7-2-1-6(5-8(7)12(15)16)9(14)11-3-4-13/h1-2,5,13H,3-4H2,(H,11,14). The smallest absolute Gasteiger partial charge is 0.284 e. The Morgan fingerprint density at radius 2 is 2.25 bits per heavy atom. The van der Waals surface area contributed by atoms with Gasteiger partial charge in [0.25, 0.3) is 11.6 Å². The number of nitro groups is 1. The number of nitro benzene ring substituents is 1. The molecular weight excluding hydrogens is 280 g/mol. The first-order chi connectivity index (χ1) is 7.56. The Morgan fingerprint density at radius 1 is 1.56 bits per heavy atom. The van der Waals surface area contributed by atoms with Crippen molar-refractivity contribution in [2.75, 3.05) is 13.2 Å². The van der Waals surface area contributed by atoms with Crippen LogP contribution >= 0.6 is 15.9 Å². The van der Waals surface area contributed by atoms with Crippen molar-refractivity contribution in [2.45, 2.75) is 0 Å². The Bertz CT molecular complexity index is 422.